The number of benzene rings is 2. The highest BCUT2D eigenvalue weighted by Gasteiger charge is 2.24. The summed E-state index contributed by atoms with van der Waals surface area (Å²) in [4.78, 5) is 7.30. The van der Waals surface area contributed by atoms with Crippen molar-refractivity contribution in [1.29, 1.82) is 0 Å². The lowest BCUT2D eigenvalue weighted by atomic mass is 9.89. The SMILES string of the molecule is Cc1cc(-c2c(C(C)C)c(N3CCCC3)nc3cc(O)ccc23)ccc1F. The highest BCUT2D eigenvalue weighted by atomic mass is 19.1. The van der Waals surface area contributed by atoms with E-state index >= 15 is 0 Å². The monoisotopic (exact) mass is 364 g/mol. The van der Waals surface area contributed by atoms with E-state index in [1.807, 2.05) is 18.2 Å². The number of phenols is 1. The number of aryl methyl sites for hydroxylation is 1. The molecule has 27 heavy (non-hydrogen) atoms. The van der Waals surface area contributed by atoms with Crippen LogP contribution in [-0.4, -0.2) is 23.2 Å². The number of halogens is 1. The molecular formula is C23H25FN2O. The summed E-state index contributed by atoms with van der Waals surface area (Å²) in [5, 5.41) is 11.0. The molecule has 0 amide bonds. The van der Waals surface area contributed by atoms with E-state index in [4.69, 9.17) is 4.98 Å². The molecule has 1 saturated heterocycles. The summed E-state index contributed by atoms with van der Waals surface area (Å²) in [5.74, 6) is 1.28. The standard InChI is InChI=1S/C23H25FN2O/c1-14(2)21-22(16-6-9-19(24)15(3)12-16)18-8-7-17(27)13-20(18)25-23(21)26-10-4-5-11-26/h6-9,12-14,27H,4-5,10-11H2,1-3H3. The van der Waals surface area contributed by atoms with Gasteiger partial charge in [-0.1, -0.05) is 19.9 Å². The smallest absolute Gasteiger partial charge is 0.133 e. The van der Waals surface area contributed by atoms with Crippen molar-refractivity contribution in [3.8, 4) is 16.9 Å². The molecule has 0 atom stereocenters. The first-order valence-electron chi connectivity index (χ1n) is 9.64. The van der Waals surface area contributed by atoms with Gasteiger partial charge >= 0.3 is 0 Å². The maximum Gasteiger partial charge on any atom is 0.133 e. The van der Waals surface area contributed by atoms with Gasteiger partial charge in [-0.25, -0.2) is 9.37 Å². The molecule has 0 spiro atoms. The van der Waals surface area contributed by atoms with Gasteiger partial charge in [0.15, 0.2) is 0 Å². The van der Waals surface area contributed by atoms with Gasteiger partial charge in [-0.15, -0.1) is 0 Å². The van der Waals surface area contributed by atoms with Crippen LogP contribution in [0, 0.1) is 12.7 Å². The van der Waals surface area contributed by atoms with Crippen molar-refractivity contribution >= 4 is 16.7 Å². The molecule has 1 aliphatic rings. The Morgan fingerprint density at radius 3 is 2.48 bits per heavy atom. The maximum atomic E-state index is 13.9. The van der Waals surface area contributed by atoms with E-state index in [1.54, 1.807) is 19.1 Å². The van der Waals surface area contributed by atoms with Crippen molar-refractivity contribution in [2.24, 2.45) is 0 Å². The van der Waals surface area contributed by atoms with Crippen molar-refractivity contribution in [2.45, 2.75) is 39.5 Å². The predicted octanol–water partition coefficient (Wildman–Crippen LogP) is 5.78. The number of hydrogen-bond donors (Lipinski definition) is 1. The Balaban J connectivity index is 2.09. The Bertz CT molecular complexity index is 1010. The van der Waals surface area contributed by atoms with Crippen LogP contribution in [0.1, 0.15) is 43.7 Å². The lowest BCUT2D eigenvalue weighted by Gasteiger charge is -2.26. The number of fused-ring (bicyclic) bond motifs is 1. The lowest BCUT2D eigenvalue weighted by molar-refractivity contribution is 0.476. The van der Waals surface area contributed by atoms with E-state index in [1.165, 1.54) is 24.5 Å². The van der Waals surface area contributed by atoms with E-state index in [-0.39, 0.29) is 17.5 Å². The van der Waals surface area contributed by atoms with Crippen LogP contribution in [0.4, 0.5) is 10.2 Å². The highest BCUT2D eigenvalue weighted by molar-refractivity contribution is 5.99. The van der Waals surface area contributed by atoms with Gasteiger partial charge in [0.25, 0.3) is 0 Å². The molecule has 1 N–H and O–H groups in total. The maximum absolute atomic E-state index is 13.9. The number of aromatic nitrogens is 1. The molecule has 0 radical (unpaired) electrons. The fourth-order valence-corrected chi connectivity index (χ4v) is 4.08. The molecule has 4 rings (SSSR count). The van der Waals surface area contributed by atoms with Gasteiger partial charge < -0.3 is 10.0 Å². The Morgan fingerprint density at radius 1 is 1.07 bits per heavy atom. The molecular weight excluding hydrogens is 339 g/mol. The number of aromatic hydroxyl groups is 1. The van der Waals surface area contributed by atoms with Crippen LogP contribution >= 0.6 is 0 Å². The Hall–Kier alpha value is -2.62. The summed E-state index contributed by atoms with van der Waals surface area (Å²) in [7, 11) is 0. The van der Waals surface area contributed by atoms with Crippen LogP contribution in [0.5, 0.6) is 5.75 Å². The Kier molecular flexibility index (Phi) is 4.50. The van der Waals surface area contributed by atoms with Gasteiger partial charge in [0.2, 0.25) is 0 Å². The van der Waals surface area contributed by atoms with Gasteiger partial charge in [-0.3, -0.25) is 0 Å². The summed E-state index contributed by atoms with van der Waals surface area (Å²) in [5.41, 5.74) is 4.70. The fraction of sp³-hybridized carbons (Fsp3) is 0.348. The van der Waals surface area contributed by atoms with Gasteiger partial charge in [0.05, 0.1) is 5.52 Å². The summed E-state index contributed by atoms with van der Waals surface area (Å²) in [6, 6.07) is 10.6. The second-order valence-electron chi connectivity index (χ2n) is 7.74. The van der Waals surface area contributed by atoms with Crippen molar-refractivity contribution in [3.05, 3.63) is 53.3 Å². The second-order valence-corrected chi connectivity index (χ2v) is 7.74. The number of phenolic OH excluding ortho intramolecular Hbond substituents is 1. The highest BCUT2D eigenvalue weighted by Crippen LogP contribution is 2.42. The first kappa shape index (κ1) is 17.8. The summed E-state index contributed by atoms with van der Waals surface area (Å²) in [6.45, 7) is 8.16. The van der Waals surface area contributed by atoms with Crippen LogP contribution < -0.4 is 4.90 Å². The van der Waals surface area contributed by atoms with Crippen LogP contribution in [0.25, 0.3) is 22.0 Å². The summed E-state index contributed by atoms with van der Waals surface area (Å²) < 4.78 is 13.9. The predicted molar refractivity (Wildman–Crippen MR) is 109 cm³/mol. The largest absolute Gasteiger partial charge is 0.508 e. The van der Waals surface area contributed by atoms with Crippen molar-refractivity contribution in [3.63, 3.8) is 0 Å². The normalized spacial score (nSPS) is 14.5. The second kappa shape index (κ2) is 6.84. The van der Waals surface area contributed by atoms with Crippen molar-refractivity contribution in [2.75, 3.05) is 18.0 Å². The molecule has 140 valence electrons. The minimum Gasteiger partial charge on any atom is -0.508 e. The van der Waals surface area contributed by atoms with E-state index in [9.17, 15) is 9.50 Å². The molecule has 0 aliphatic carbocycles. The van der Waals surface area contributed by atoms with Crippen molar-refractivity contribution in [1.82, 2.24) is 4.98 Å². The Morgan fingerprint density at radius 2 is 1.81 bits per heavy atom. The number of pyridine rings is 1. The summed E-state index contributed by atoms with van der Waals surface area (Å²) in [6.07, 6.45) is 2.34. The van der Waals surface area contributed by atoms with E-state index in [0.29, 0.717) is 5.56 Å². The molecule has 3 nitrogen and oxygen atoms in total. The average Bonchev–Trinajstić information content (AvgIpc) is 3.16. The van der Waals surface area contributed by atoms with E-state index in [2.05, 4.69) is 18.7 Å². The number of anilines is 1. The third-order valence-corrected chi connectivity index (χ3v) is 5.42. The van der Waals surface area contributed by atoms with Gasteiger partial charge in [0, 0.05) is 30.1 Å². The van der Waals surface area contributed by atoms with Gasteiger partial charge in [-0.05, 0) is 66.6 Å². The van der Waals surface area contributed by atoms with Crippen LogP contribution in [0.15, 0.2) is 36.4 Å². The van der Waals surface area contributed by atoms with Gasteiger partial charge in [-0.2, -0.15) is 0 Å². The first-order valence-corrected chi connectivity index (χ1v) is 9.64. The van der Waals surface area contributed by atoms with E-state index < -0.39 is 0 Å². The average molecular weight is 364 g/mol. The van der Waals surface area contributed by atoms with Crippen LogP contribution in [0.2, 0.25) is 0 Å². The number of rotatable bonds is 3. The van der Waals surface area contributed by atoms with Gasteiger partial charge in [0.1, 0.15) is 17.4 Å². The third kappa shape index (κ3) is 3.14. The molecule has 1 aliphatic heterocycles. The molecule has 2 aromatic carbocycles. The zero-order valence-electron chi connectivity index (χ0n) is 16.1. The quantitative estimate of drug-likeness (QED) is 0.640. The third-order valence-electron chi connectivity index (χ3n) is 5.42. The number of hydrogen-bond acceptors (Lipinski definition) is 3. The van der Waals surface area contributed by atoms with Crippen LogP contribution in [-0.2, 0) is 0 Å². The minimum atomic E-state index is -0.194. The lowest BCUT2D eigenvalue weighted by Crippen LogP contribution is -2.21. The molecule has 1 fully saturated rings. The van der Waals surface area contributed by atoms with Crippen molar-refractivity contribution < 1.29 is 9.50 Å². The molecule has 0 bridgehead atoms. The zero-order chi connectivity index (χ0) is 19.1. The molecule has 2 heterocycles. The summed E-state index contributed by atoms with van der Waals surface area (Å²) >= 11 is 0. The topological polar surface area (TPSA) is 36.4 Å². The molecule has 1 aromatic heterocycles. The molecule has 3 aromatic rings. The van der Waals surface area contributed by atoms with Crippen LogP contribution in [0.3, 0.4) is 0 Å². The molecule has 4 heteroatoms. The first-order chi connectivity index (χ1) is 13.0. The zero-order valence-corrected chi connectivity index (χ0v) is 16.1. The minimum absolute atomic E-state index is 0.194. The Labute approximate surface area is 159 Å². The van der Waals surface area contributed by atoms with E-state index in [0.717, 1.165) is 40.9 Å². The molecule has 0 unspecified atom stereocenters. The number of nitrogens with zero attached hydrogens (tertiary/aromatic N) is 2. The molecule has 0 saturated carbocycles. The fourth-order valence-electron chi connectivity index (χ4n) is 4.08.